The highest BCUT2D eigenvalue weighted by Crippen LogP contribution is 2.24. The number of carbonyl (C=O) groups excluding carboxylic acids is 1. The molecule has 0 radical (unpaired) electrons. The summed E-state index contributed by atoms with van der Waals surface area (Å²) in [6.45, 7) is 3.10. The molecule has 0 fully saturated rings. The number of rotatable bonds is 0. The smallest absolute Gasteiger partial charge is 0.161 e. The normalized spacial score (nSPS) is 38.7. The first-order valence-electron chi connectivity index (χ1n) is 3.55. The van der Waals surface area contributed by atoms with Crippen LogP contribution in [0.15, 0.2) is 11.6 Å². The lowest BCUT2D eigenvalue weighted by molar-refractivity contribution is -0.126. The number of Topliss-reactive ketones (excluding diaryl/α,β-unsaturated/α-hetero) is 1. The molecule has 0 aliphatic heterocycles. The predicted octanol–water partition coefficient (Wildman–Crippen LogP) is 0.0174. The van der Waals surface area contributed by atoms with Gasteiger partial charge in [0.05, 0.1) is 5.60 Å². The highest BCUT2D eigenvalue weighted by molar-refractivity contribution is 5.96. The zero-order valence-corrected chi connectivity index (χ0v) is 6.66. The molecule has 62 valence electrons. The summed E-state index contributed by atoms with van der Waals surface area (Å²) in [5.74, 6) is -0.0969. The topological polar surface area (TPSA) is 57.5 Å². The van der Waals surface area contributed by atoms with Gasteiger partial charge in [0.25, 0.3) is 0 Å². The average Bonchev–Trinajstić information content (AvgIpc) is 1.83. The number of aliphatic hydroxyl groups is 2. The highest BCUT2D eigenvalue weighted by atomic mass is 16.3. The first-order valence-corrected chi connectivity index (χ1v) is 3.55. The molecule has 11 heavy (non-hydrogen) atoms. The summed E-state index contributed by atoms with van der Waals surface area (Å²) < 4.78 is 0. The zero-order chi connectivity index (χ0) is 8.65. The minimum Gasteiger partial charge on any atom is -0.387 e. The van der Waals surface area contributed by atoms with E-state index >= 15 is 0 Å². The first-order chi connectivity index (χ1) is 4.93. The maximum Gasteiger partial charge on any atom is 0.161 e. The second-order valence-electron chi connectivity index (χ2n) is 3.25. The Morgan fingerprint density at radius 1 is 1.73 bits per heavy atom. The standard InChI is InChI=1S/C8H12O3/c1-5-3-7(10)8(2,11)4-6(5)9/h3,7,10-11H,4H2,1-2H3/t7-,8-/m0/s1. The van der Waals surface area contributed by atoms with Crippen molar-refractivity contribution in [2.75, 3.05) is 0 Å². The lowest BCUT2D eigenvalue weighted by Crippen LogP contribution is -2.43. The number of hydrogen-bond donors (Lipinski definition) is 2. The number of aliphatic hydroxyl groups excluding tert-OH is 1. The van der Waals surface area contributed by atoms with Gasteiger partial charge in [0.2, 0.25) is 0 Å². The van der Waals surface area contributed by atoms with Gasteiger partial charge in [-0.05, 0) is 25.5 Å². The minimum absolute atomic E-state index is 0.0104. The van der Waals surface area contributed by atoms with Crippen molar-refractivity contribution < 1.29 is 15.0 Å². The molecule has 0 unspecified atom stereocenters. The van der Waals surface area contributed by atoms with Gasteiger partial charge >= 0.3 is 0 Å². The van der Waals surface area contributed by atoms with Crippen LogP contribution in [0.25, 0.3) is 0 Å². The second kappa shape index (κ2) is 2.43. The van der Waals surface area contributed by atoms with Crippen molar-refractivity contribution in [3.63, 3.8) is 0 Å². The summed E-state index contributed by atoms with van der Waals surface area (Å²) in [4.78, 5) is 11.0. The van der Waals surface area contributed by atoms with Crippen molar-refractivity contribution in [2.45, 2.75) is 32.0 Å². The fourth-order valence-electron chi connectivity index (χ4n) is 1.08. The maximum atomic E-state index is 11.0. The van der Waals surface area contributed by atoms with Crippen molar-refractivity contribution in [2.24, 2.45) is 0 Å². The van der Waals surface area contributed by atoms with Crippen LogP contribution in [0.4, 0.5) is 0 Å². The summed E-state index contributed by atoms with van der Waals surface area (Å²) >= 11 is 0. The Morgan fingerprint density at radius 3 is 2.73 bits per heavy atom. The molecule has 0 saturated heterocycles. The summed E-state index contributed by atoms with van der Waals surface area (Å²) in [6.07, 6.45) is 0.489. The lowest BCUT2D eigenvalue weighted by atomic mass is 9.84. The molecule has 0 saturated carbocycles. The van der Waals surface area contributed by atoms with Crippen molar-refractivity contribution in [1.29, 1.82) is 0 Å². The molecule has 0 aromatic rings. The van der Waals surface area contributed by atoms with Gasteiger partial charge in [-0.2, -0.15) is 0 Å². The van der Waals surface area contributed by atoms with E-state index in [4.69, 9.17) is 0 Å². The first kappa shape index (κ1) is 8.43. The van der Waals surface area contributed by atoms with Crippen LogP contribution in [0.3, 0.4) is 0 Å². The fourth-order valence-corrected chi connectivity index (χ4v) is 1.08. The fraction of sp³-hybridized carbons (Fsp3) is 0.625. The summed E-state index contributed by atoms with van der Waals surface area (Å²) in [6, 6.07) is 0. The number of carbonyl (C=O) groups is 1. The molecule has 0 amide bonds. The summed E-state index contributed by atoms with van der Waals surface area (Å²) in [7, 11) is 0. The third kappa shape index (κ3) is 1.49. The van der Waals surface area contributed by atoms with E-state index in [0.717, 1.165) is 0 Å². The third-order valence-corrected chi connectivity index (χ3v) is 2.00. The van der Waals surface area contributed by atoms with Gasteiger partial charge < -0.3 is 10.2 Å². The van der Waals surface area contributed by atoms with Crippen molar-refractivity contribution >= 4 is 5.78 Å². The molecule has 1 aliphatic rings. The van der Waals surface area contributed by atoms with Gasteiger partial charge in [-0.15, -0.1) is 0 Å². The van der Waals surface area contributed by atoms with Crippen molar-refractivity contribution in [3.8, 4) is 0 Å². The van der Waals surface area contributed by atoms with E-state index in [1.165, 1.54) is 13.0 Å². The van der Waals surface area contributed by atoms with Gasteiger partial charge in [-0.1, -0.05) is 0 Å². The number of hydrogen-bond acceptors (Lipinski definition) is 3. The molecule has 2 N–H and O–H groups in total. The molecule has 2 atom stereocenters. The van der Waals surface area contributed by atoms with Crippen molar-refractivity contribution in [3.05, 3.63) is 11.6 Å². The SMILES string of the molecule is CC1=C[C@H](O)[C@@](C)(O)CC1=O. The molecule has 0 aromatic carbocycles. The molecule has 0 aromatic heterocycles. The monoisotopic (exact) mass is 156 g/mol. The largest absolute Gasteiger partial charge is 0.387 e. The molecule has 0 bridgehead atoms. The highest BCUT2D eigenvalue weighted by Gasteiger charge is 2.35. The maximum absolute atomic E-state index is 11.0. The Morgan fingerprint density at radius 2 is 2.27 bits per heavy atom. The van der Waals surface area contributed by atoms with Gasteiger partial charge in [0.15, 0.2) is 5.78 Å². The molecule has 0 spiro atoms. The Hall–Kier alpha value is -0.670. The van der Waals surface area contributed by atoms with E-state index in [9.17, 15) is 15.0 Å². The number of allylic oxidation sites excluding steroid dienone is 1. The van der Waals surface area contributed by atoms with Crippen LogP contribution in [-0.4, -0.2) is 27.7 Å². The molecule has 1 rings (SSSR count). The van der Waals surface area contributed by atoms with E-state index in [1.54, 1.807) is 6.92 Å². The van der Waals surface area contributed by atoms with Crippen LogP contribution in [0, 0.1) is 0 Å². The predicted molar refractivity (Wildman–Crippen MR) is 40.0 cm³/mol. The van der Waals surface area contributed by atoms with E-state index in [2.05, 4.69) is 0 Å². The summed E-state index contributed by atoms with van der Waals surface area (Å²) in [5.41, 5.74) is -0.750. The van der Waals surface area contributed by atoms with E-state index in [-0.39, 0.29) is 12.2 Å². The van der Waals surface area contributed by atoms with E-state index < -0.39 is 11.7 Å². The molecule has 1 aliphatic carbocycles. The van der Waals surface area contributed by atoms with Crippen molar-refractivity contribution in [1.82, 2.24) is 0 Å². The Bertz CT molecular complexity index is 215. The number of ketones is 1. The molecular weight excluding hydrogens is 144 g/mol. The van der Waals surface area contributed by atoms with Crippen LogP contribution < -0.4 is 0 Å². The Balaban J connectivity index is 2.93. The van der Waals surface area contributed by atoms with Crippen LogP contribution in [-0.2, 0) is 4.79 Å². The van der Waals surface area contributed by atoms with Gasteiger partial charge in [0.1, 0.15) is 6.10 Å². The molecule has 3 nitrogen and oxygen atoms in total. The Labute approximate surface area is 65.3 Å². The quantitative estimate of drug-likeness (QED) is 0.519. The molecule has 0 heterocycles. The lowest BCUT2D eigenvalue weighted by Gasteiger charge is -2.30. The van der Waals surface area contributed by atoms with Gasteiger partial charge in [-0.3, -0.25) is 4.79 Å². The molecular formula is C8H12O3. The van der Waals surface area contributed by atoms with Crippen LogP contribution in [0.1, 0.15) is 20.3 Å². The summed E-state index contributed by atoms with van der Waals surface area (Å²) in [5, 5.41) is 18.7. The van der Waals surface area contributed by atoms with Crippen LogP contribution in [0.2, 0.25) is 0 Å². The minimum atomic E-state index is -1.28. The van der Waals surface area contributed by atoms with E-state index in [0.29, 0.717) is 5.57 Å². The van der Waals surface area contributed by atoms with Crippen LogP contribution in [0.5, 0.6) is 0 Å². The molecule has 3 heteroatoms. The zero-order valence-electron chi connectivity index (χ0n) is 6.66. The Kier molecular flexibility index (Phi) is 1.86. The third-order valence-electron chi connectivity index (χ3n) is 2.00. The van der Waals surface area contributed by atoms with E-state index in [1.807, 2.05) is 0 Å². The average molecular weight is 156 g/mol. The second-order valence-corrected chi connectivity index (χ2v) is 3.25. The van der Waals surface area contributed by atoms with Gasteiger partial charge in [-0.25, -0.2) is 0 Å². The van der Waals surface area contributed by atoms with Gasteiger partial charge in [0, 0.05) is 6.42 Å². The van der Waals surface area contributed by atoms with Crippen LogP contribution >= 0.6 is 0 Å².